The minimum absolute atomic E-state index is 0.0150. The Kier molecular flexibility index (Phi) is 4.69. The minimum atomic E-state index is -0.350. The Morgan fingerprint density at radius 3 is 2.65 bits per heavy atom. The molecule has 0 aliphatic carbocycles. The third-order valence-corrected chi connectivity index (χ3v) is 4.04. The van der Waals surface area contributed by atoms with Crippen molar-refractivity contribution in [1.29, 1.82) is 0 Å². The Morgan fingerprint density at radius 1 is 1.47 bits per heavy atom. The molecule has 0 aromatic heterocycles. The molecule has 94 valence electrons. The molecule has 1 amide bonds. The Balaban J connectivity index is 2.68. The summed E-state index contributed by atoms with van der Waals surface area (Å²) in [5.41, 5.74) is 0.889. The van der Waals surface area contributed by atoms with Crippen LogP contribution in [0.1, 0.15) is 29.8 Å². The van der Waals surface area contributed by atoms with E-state index in [1.165, 1.54) is 6.07 Å². The van der Waals surface area contributed by atoms with Crippen LogP contribution in [0.25, 0.3) is 0 Å². The van der Waals surface area contributed by atoms with Crippen molar-refractivity contribution in [3.8, 4) is 0 Å². The number of amides is 1. The molecule has 17 heavy (non-hydrogen) atoms. The molecule has 0 aliphatic heterocycles. The van der Waals surface area contributed by atoms with Crippen LogP contribution in [0.5, 0.6) is 0 Å². The minimum Gasteiger partial charge on any atom is -0.351 e. The zero-order valence-corrected chi connectivity index (χ0v) is 11.9. The molecule has 0 atom stereocenters. The van der Waals surface area contributed by atoms with Gasteiger partial charge in [-0.3, -0.25) is 4.79 Å². The molecule has 2 nitrogen and oxygen atoms in total. The fraction of sp³-hybridized carbons (Fsp3) is 0.462. The van der Waals surface area contributed by atoms with Crippen molar-refractivity contribution in [2.45, 2.75) is 20.8 Å². The van der Waals surface area contributed by atoms with Crippen molar-refractivity contribution in [2.75, 3.05) is 11.9 Å². The fourth-order valence-electron chi connectivity index (χ4n) is 1.20. The first-order valence-electron chi connectivity index (χ1n) is 5.46. The lowest BCUT2D eigenvalue weighted by Crippen LogP contribution is -2.34. The molecular formula is C13H17BrFNO. The number of hydrogen-bond acceptors (Lipinski definition) is 1. The molecule has 0 saturated carbocycles. The number of carbonyl (C=O) groups is 1. The van der Waals surface area contributed by atoms with E-state index >= 15 is 0 Å². The first-order chi connectivity index (χ1) is 7.85. The van der Waals surface area contributed by atoms with Gasteiger partial charge in [-0.05, 0) is 30.0 Å². The van der Waals surface area contributed by atoms with Gasteiger partial charge < -0.3 is 5.32 Å². The molecule has 0 bridgehead atoms. The van der Waals surface area contributed by atoms with Crippen LogP contribution in [-0.2, 0) is 0 Å². The van der Waals surface area contributed by atoms with Crippen molar-refractivity contribution < 1.29 is 9.18 Å². The highest BCUT2D eigenvalue weighted by Crippen LogP contribution is 2.17. The number of benzene rings is 1. The van der Waals surface area contributed by atoms with E-state index in [4.69, 9.17) is 0 Å². The molecule has 1 rings (SSSR count). The molecule has 1 aromatic rings. The first-order valence-corrected chi connectivity index (χ1v) is 6.58. The second kappa shape index (κ2) is 5.63. The van der Waals surface area contributed by atoms with Gasteiger partial charge >= 0.3 is 0 Å². The van der Waals surface area contributed by atoms with Crippen LogP contribution in [0.3, 0.4) is 0 Å². The van der Waals surface area contributed by atoms with E-state index in [0.29, 0.717) is 17.7 Å². The van der Waals surface area contributed by atoms with E-state index in [0.717, 1.165) is 5.33 Å². The van der Waals surface area contributed by atoms with Crippen LogP contribution < -0.4 is 5.32 Å². The number of halogens is 2. The molecule has 4 heteroatoms. The summed E-state index contributed by atoms with van der Waals surface area (Å²) in [7, 11) is 0. The molecule has 0 radical (unpaired) electrons. The van der Waals surface area contributed by atoms with Gasteiger partial charge in [0.15, 0.2) is 0 Å². The van der Waals surface area contributed by atoms with Crippen molar-refractivity contribution >= 4 is 21.8 Å². The summed E-state index contributed by atoms with van der Waals surface area (Å²) in [6.45, 7) is 6.30. The predicted octanol–water partition coefficient (Wildman–Crippen LogP) is 3.29. The van der Waals surface area contributed by atoms with Gasteiger partial charge in [-0.1, -0.05) is 35.8 Å². The van der Waals surface area contributed by atoms with Gasteiger partial charge in [0.1, 0.15) is 5.82 Å². The summed E-state index contributed by atoms with van der Waals surface area (Å²) in [6, 6.07) is 4.51. The highest BCUT2D eigenvalue weighted by Gasteiger charge is 2.17. The second-order valence-electron chi connectivity index (χ2n) is 4.94. The largest absolute Gasteiger partial charge is 0.351 e. The maximum Gasteiger partial charge on any atom is 0.251 e. The highest BCUT2D eigenvalue weighted by atomic mass is 79.9. The molecule has 0 unspecified atom stereocenters. The number of nitrogens with one attached hydrogen (secondary N) is 1. The molecule has 0 saturated heterocycles. The van der Waals surface area contributed by atoms with E-state index in [1.807, 2.05) is 13.8 Å². The average Bonchev–Trinajstić information content (AvgIpc) is 2.30. The molecule has 0 fully saturated rings. The topological polar surface area (TPSA) is 29.1 Å². The smallest absolute Gasteiger partial charge is 0.251 e. The summed E-state index contributed by atoms with van der Waals surface area (Å²) in [4.78, 5) is 11.8. The molecule has 0 heterocycles. The van der Waals surface area contributed by atoms with Crippen molar-refractivity contribution in [1.82, 2.24) is 5.32 Å². The van der Waals surface area contributed by atoms with Gasteiger partial charge in [0.05, 0.1) is 0 Å². The fourth-order valence-corrected chi connectivity index (χ4v) is 1.40. The number of hydrogen-bond donors (Lipinski definition) is 1. The number of alkyl halides is 1. The first kappa shape index (κ1) is 14.2. The SMILES string of the molecule is Cc1ccc(C(=O)NCC(C)(C)CBr)cc1F. The summed E-state index contributed by atoms with van der Waals surface area (Å²) < 4.78 is 13.3. The van der Waals surface area contributed by atoms with Crippen molar-refractivity contribution in [3.05, 3.63) is 35.1 Å². The summed E-state index contributed by atoms with van der Waals surface area (Å²) in [6.07, 6.45) is 0. The Hall–Kier alpha value is -0.900. The van der Waals surface area contributed by atoms with Crippen LogP contribution in [0.15, 0.2) is 18.2 Å². The van der Waals surface area contributed by atoms with E-state index in [2.05, 4.69) is 21.2 Å². The van der Waals surface area contributed by atoms with Gasteiger partial charge in [0, 0.05) is 17.4 Å². The maximum atomic E-state index is 13.3. The van der Waals surface area contributed by atoms with E-state index in [1.54, 1.807) is 19.1 Å². The molecule has 0 spiro atoms. The number of aryl methyl sites for hydroxylation is 1. The van der Waals surface area contributed by atoms with Crippen LogP contribution in [0, 0.1) is 18.2 Å². The quantitative estimate of drug-likeness (QED) is 0.850. The Bertz CT molecular complexity index is 418. The van der Waals surface area contributed by atoms with Crippen LogP contribution in [0.2, 0.25) is 0 Å². The predicted molar refractivity (Wildman–Crippen MR) is 71.0 cm³/mol. The average molecular weight is 302 g/mol. The lowest BCUT2D eigenvalue weighted by atomic mass is 9.96. The van der Waals surface area contributed by atoms with Crippen LogP contribution in [-0.4, -0.2) is 17.8 Å². The van der Waals surface area contributed by atoms with Gasteiger partial charge in [0.2, 0.25) is 0 Å². The monoisotopic (exact) mass is 301 g/mol. The summed E-state index contributed by atoms with van der Waals surface area (Å²) in [5.74, 6) is -0.588. The lowest BCUT2D eigenvalue weighted by Gasteiger charge is -2.21. The summed E-state index contributed by atoms with van der Waals surface area (Å²) >= 11 is 3.39. The van der Waals surface area contributed by atoms with Crippen molar-refractivity contribution in [2.24, 2.45) is 5.41 Å². The van der Waals surface area contributed by atoms with E-state index < -0.39 is 0 Å². The van der Waals surface area contributed by atoms with Gasteiger partial charge in [-0.2, -0.15) is 0 Å². The van der Waals surface area contributed by atoms with E-state index in [9.17, 15) is 9.18 Å². The normalized spacial score (nSPS) is 11.4. The molecule has 1 aromatic carbocycles. The van der Waals surface area contributed by atoms with Gasteiger partial charge in [-0.15, -0.1) is 0 Å². The third kappa shape index (κ3) is 4.11. The maximum absolute atomic E-state index is 13.3. The van der Waals surface area contributed by atoms with Crippen LogP contribution in [0.4, 0.5) is 4.39 Å². The van der Waals surface area contributed by atoms with Gasteiger partial charge in [-0.25, -0.2) is 4.39 Å². The standard InChI is InChI=1S/C13H17BrFNO/c1-9-4-5-10(6-11(9)15)12(17)16-8-13(2,3)7-14/h4-6H,7-8H2,1-3H3,(H,16,17). The molecule has 0 aliphatic rings. The third-order valence-electron chi connectivity index (χ3n) is 2.52. The van der Waals surface area contributed by atoms with Crippen molar-refractivity contribution in [3.63, 3.8) is 0 Å². The number of rotatable bonds is 4. The summed E-state index contributed by atoms with van der Waals surface area (Å²) in [5, 5.41) is 3.60. The molecule has 1 N–H and O–H groups in total. The number of carbonyl (C=O) groups excluding carboxylic acids is 1. The van der Waals surface area contributed by atoms with E-state index in [-0.39, 0.29) is 17.1 Å². The Morgan fingerprint density at radius 2 is 2.12 bits per heavy atom. The Labute approximate surface area is 110 Å². The van der Waals surface area contributed by atoms with Crippen LogP contribution >= 0.6 is 15.9 Å². The highest BCUT2D eigenvalue weighted by molar-refractivity contribution is 9.09. The zero-order chi connectivity index (χ0) is 13.1. The van der Waals surface area contributed by atoms with Gasteiger partial charge in [0.25, 0.3) is 5.91 Å². The molecular weight excluding hydrogens is 285 g/mol. The second-order valence-corrected chi connectivity index (χ2v) is 5.51. The lowest BCUT2D eigenvalue weighted by molar-refractivity contribution is 0.0939. The zero-order valence-electron chi connectivity index (χ0n) is 10.3.